The molecule has 0 saturated heterocycles. The highest BCUT2D eigenvalue weighted by Crippen LogP contribution is 2.28. The minimum atomic E-state index is -1.18. The Morgan fingerprint density at radius 2 is 2.16 bits per heavy atom. The van der Waals surface area contributed by atoms with Crippen molar-refractivity contribution in [2.75, 3.05) is 5.75 Å². The molecule has 2 aromatic rings. The van der Waals surface area contributed by atoms with Crippen LogP contribution in [0.15, 0.2) is 4.34 Å². The molecule has 2 aromatic heterocycles. The average molecular weight is 300 g/mol. The van der Waals surface area contributed by atoms with Gasteiger partial charge in [-0.05, 0) is 13.3 Å². The molecule has 0 aliphatic heterocycles. The summed E-state index contributed by atoms with van der Waals surface area (Å²) in [5, 5.41) is 0. The zero-order valence-electron chi connectivity index (χ0n) is 10.4. The van der Waals surface area contributed by atoms with Gasteiger partial charge in [-0.15, -0.1) is 0 Å². The molecule has 9 heteroatoms. The molecule has 0 fully saturated rings. The fourth-order valence-electron chi connectivity index (χ4n) is 1.42. The smallest absolute Gasteiger partial charge is 0.389 e. The van der Waals surface area contributed by atoms with E-state index in [0.717, 1.165) is 6.42 Å². The van der Waals surface area contributed by atoms with E-state index < -0.39 is 16.9 Å². The molecule has 0 aliphatic carbocycles. The second-order valence-corrected chi connectivity index (χ2v) is 6.40. The molecular formula is C10H12N4O3S2. The largest absolute Gasteiger partial charge is 0.411 e. The van der Waals surface area contributed by atoms with E-state index in [-0.39, 0.29) is 5.88 Å². The SMILES string of the molecule is CCCS(=O)c1nc2c(OC(N)=O)nc(C)nc2s1. The highest BCUT2D eigenvalue weighted by Gasteiger charge is 2.17. The Morgan fingerprint density at radius 3 is 2.79 bits per heavy atom. The number of hydrogen-bond acceptors (Lipinski definition) is 7. The summed E-state index contributed by atoms with van der Waals surface area (Å²) in [6, 6.07) is 0. The summed E-state index contributed by atoms with van der Waals surface area (Å²) in [4.78, 5) is 23.7. The van der Waals surface area contributed by atoms with Gasteiger partial charge in [0.15, 0.2) is 14.7 Å². The molecule has 19 heavy (non-hydrogen) atoms. The molecule has 2 rings (SSSR count). The number of aryl methyl sites for hydroxylation is 1. The standard InChI is InChI=1S/C10H12N4O3S2/c1-3-4-19(16)10-14-6-7(17-9(11)15)12-5(2)13-8(6)18-10/h3-4H2,1-2H3,(H2,11,15). The summed E-state index contributed by atoms with van der Waals surface area (Å²) in [7, 11) is -1.18. The topological polar surface area (TPSA) is 108 Å². The Hall–Kier alpha value is -1.61. The minimum absolute atomic E-state index is 0.00555. The van der Waals surface area contributed by atoms with Crippen LogP contribution in [-0.4, -0.2) is 31.0 Å². The maximum Gasteiger partial charge on any atom is 0.411 e. The number of ether oxygens (including phenoxy) is 1. The number of amides is 1. The molecule has 0 aliphatic rings. The fourth-order valence-corrected chi connectivity index (χ4v) is 3.72. The van der Waals surface area contributed by atoms with Gasteiger partial charge in [-0.25, -0.2) is 14.8 Å². The summed E-state index contributed by atoms with van der Waals surface area (Å²) >= 11 is 1.21. The molecule has 0 bridgehead atoms. The summed E-state index contributed by atoms with van der Waals surface area (Å²) in [6.45, 7) is 3.60. The van der Waals surface area contributed by atoms with Crippen LogP contribution in [0.1, 0.15) is 19.2 Å². The predicted octanol–water partition coefficient (Wildman–Crippen LogP) is 1.37. The lowest BCUT2D eigenvalue weighted by Crippen LogP contribution is -2.17. The molecule has 7 nitrogen and oxygen atoms in total. The van der Waals surface area contributed by atoms with Crippen LogP contribution in [-0.2, 0) is 10.8 Å². The van der Waals surface area contributed by atoms with E-state index in [0.29, 0.717) is 26.3 Å². The predicted molar refractivity (Wildman–Crippen MR) is 71.7 cm³/mol. The molecule has 1 unspecified atom stereocenters. The first kappa shape index (κ1) is 13.8. The van der Waals surface area contributed by atoms with Crippen LogP contribution < -0.4 is 10.5 Å². The van der Waals surface area contributed by atoms with E-state index in [2.05, 4.69) is 15.0 Å². The second-order valence-electron chi connectivity index (χ2n) is 3.68. The van der Waals surface area contributed by atoms with Crippen LogP contribution in [0.4, 0.5) is 4.79 Å². The minimum Gasteiger partial charge on any atom is -0.389 e. The quantitative estimate of drug-likeness (QED) is 0.913. The summed E-state index contributed by atoms with van der Waals surface area (Å²) in [5.41, 5.74) is 5.29. The van der Waals surface area contributed by atoms with E-state index >= 15 is 0 Å². The Labute approximate surface area is 115 Å². The number of nitrogens with two attached hydrogens (primary N) is 1. The monoisotopic (exact) mass is 300 g/mol. The lowest BCUT2D eigenvalue weighted by molar-refractivity contribution is 0.209. The van der Waals surface area contributed by atoms with Crippen molar-refractivity contribution in [1.29, 1.82) is 0 Å². The number of thiazole rings is 1. The Kier molecular flexibility index (Phi) is 4.05. The van der Waals surface area contributed by atoms with Gasteiger partial charge in [0.1, 0.15) is 5.82 Å². The van der Waals surface area contributed by atoms with Gasteiger partial charge in [0.25, 0.3) is 5.88 Å². The van der Waals surface area contributed by atoms with Crippen molar-refractivity contribution in [2.24, 2.45) is 5.73 Å². The summed E-state index contributed by atoms with van der Waals surface area (Å²) in [5.74, 6) is 0.962. The first-order chi connectivity index (χ1) is 9.01. The van der Waals surface area contributed by atoms with Gasteiger partial charge >= 0.3 is 6.09 Å². The highest BCUT2D eigenvalue weighted by atomic mass is 32.2. The van der Waals surface area contributed by atoms with Gasteiger partial charge in [-0.1, -0.05) is 18.3 Å². The third-order valence-electron chi connectivity index (χ3n) is 2.10. The zero-order valence-corrected chi connectivity index (χ0v) is 12.0. The number of rotatable bonds is 4. The molecular weight excluding hydrogens is 288 g/mol. The van der Waals surface area contributed by atoms with Crippen LogP contribution in [0.5, 0.6) is 5.88 Å². The van der Waals surface area contributed by atoms with Gasteiger partial charge < -0.3 is 10.5 Å². The van der Waals surface area contributed by atoms with Crippen LogP contribution >= 0.6 is 11.3 Å². The molecule has 0 radical (unpaired) electrons. The fraction of sp³-hybridized carbons (Fsp3) is 0.400. The lowest BCUT2D eigenvalue weighted by atomic mass is 10.5. The molecule has 102 valence electrons. The van der Waals surface area contributed by atoms with Crippen LogP contribution in [0.2, 0.25) is 0 Å². The normalized spacial score (nSPS) is 12.5. The number of fused-ring (bicyclic) bond motifs is 1. The summed E-state index contributed by atoms with van der Waals surface area (Å²) < 4.78 is 17.2. The van der Waals surface area contributed by atoms with Gasteiger partial charge in [-0.3, -0.25) is 4.21 Å². The Morgan fingerprint density at radius 1 is 1.42 bits per heavy atom. The molecule has 1 atom stereocenters. The molecule has 2 N–H and O–H groups in total. The van der Waals surface area contributed by atoms with Crippen molar-refractivity contribution >= 4 is 38.6 Å². The maximum absolute atomic E-state index is 11.9. The molecule has 1 amide bonds. The molecule has 2 heterocycles. The van der Waals surface area contributed by atoms with E-state index in [9.17, 15) is 9.00 Å². The van der Waals surface area contributed by atoms with Gasteiger partial charge in [-0.2, -0.15) is 4.98 Å². The number of hydrogen-bond donors (Lipinski definition) is 1. The summed E-state index contributed by atoms with van der Waals surface area (Å²) in [6.07, 6.45) is -0.179. The number of nitrogens with zero attached hydrogens (tertiary/aromatic N) is 3. The van der Waals surface area contributed by atoms with E-state index in [1.807, 2.05) is 6.92 Å². The van der Waals surface area contributed by atoms with Gasteiger partial charge in [0.05, 0.1) is 10.8 Å². The lowest BCUT2D eigenvalue weighted by Gasteiger charge is -2.00. The Bertz CT molecular complexity index is 656. The third-order valence-corrected chi connectivity index (χ3v) is 4.91. The van der Waals surface area contributed by atoms with Crippen molar-refractivity contribution in [1.82, 2.24) is 15.0 Å². The second kappa shape index (κ2) is 5.57. The number of primary amides is 1. The highest BCUT2D eigenvalue weighted by molar-refractivity contribution is 7.87. The maximum atomic E-state index is 11.9. The van der Waals surface area contributed by atoms with Gasteiger partial charge in [0.2, 0.25) is 0 Å². The van der Waals surface area contributed by atoms with Crippen molar-refractivity contribution in [3.05, 3.63) is 5.82 Å². The first-order valence-electron chi connectivity index (χ1n) is 5.52. The number of aromatic nitrogens is 3. The number of carbonyl (C=O) groups excluding carboxylic acids is 1. The van der Waals surface area contributed by atoms with Crippen molar-refractivity contribution < 1.29 is 13.7 Å². The van der Waals surface area contributed by atoms with E-state index in [1.165, 1.54) is 11.3 Å². The average Bonchev–Trinajstić information content (AvgIpc) is 2.72. The third kappa shape index (κ3) is 3.04. The molecule has 0 saturated carbocycles. The van der Waals surface area contributed by atoms with E-state index in [1.54, 1.807) is 6.92 Å². The van der Waals surface area contributed by atoms with Crippen molar-refractivity contribution in [3.63, 3.8) is 0 Å². The van der Waals surface area contributed by atoms with Crippen LogP contribution in [0, 0.1) is 6.92 Å². The van der Waals surface area contributed by atoms with Gasteiger partial charge in [0, 0.05) is 5.75 Å². The van der Waals surface area contributed by atoms with Crippen molar-refractivity contribution in [3.8, 4) is 5.88 Å². The molecule has 0 spiro atoms. The van der Waals surface area contributed by atoms with E-state index in [4.69, 9.17) is 10.5 Å². The first-order valence-corrected chi connectivity index (χ1v) is 7.65. The molecule has 0 aromatic carbocycles. The Balaban J connectivity index is 2.51. The van der Waals surface area contributed by atoms with Crippen LogP contribution in [0.25, 0.3) is 10.3 Å². The van der Waals surface area contributed by atoms with Crippen LogP contribution in [0.3, 0.4) is 0 Å². The van der Waals surface area contributed by atoms with Crippen molar-refractivity contribution in [2.45, 2.75) is 24.6 Å². The number of carbonyl (C=O) groups is 1. The zero-order chi connectivity index (χ0) is 14.0.